The van der Waals surface area contributed by atoms with Crippen LogP contribution < -0.4 is 5.73 Å². The van der Waals surface area contributed by atoms with E-state index in [1.54, 1.807) is 64.9 Å². The molecule has 0 saturated heterocycles. The maximum absolute atomic E-state index is 4.94. The molecule has 2 N–H and O–H groups in total. The summed E-state index contributed by atoms with van der Waals surface area (Å²) in [6.45, 7) is 0.606. The summed E-state index contributed by atoms with van der Waals surface area (Å²) in [7, 11) is 0. The predicted octanol–water partition coefficient (Wildman–Crippen LogP) is -0.839. The van der Waals surface area contributed by atoms with Crippen molar-refractivity contribution in [1.82, 2.24) is 0 Å². The van der Waals surface area contributed by atoms with Crippen LogP contribution in [0.15, 0.2) is 0 Å². The molecule has 0 atom stereocenters. The Hall–Kier alpha value is 3.27. The average Bonchev–Trinajstić information content (AvgIpc) is 1.96. The van der Waals surface area contributed by atoms with Gasteiger partial charge in [0, 0.05) is 0 Å². The van der Waals surface area contributed by atoms with Gasteiger partial charge in [-0.05, 0) is 0 Å². The molecular formula is C2H4NW5-. The molecule has 0 aromatic heterocycles. The Morgan fingerprint density at radius 1 is 1.12 bits per heavy atom. The van der Waals surface area contributed by atoms with E-state index in [0.29, 0.717) is 6.54 Å². The van der Waals surface area contributed by atoms with E-state index in [0.717, 1.165) is 0 Å². The molecule has 8 heavy (non-hydrogen) atoms. The van der Waals surface area contributed by atoms with Crippen molar-refractivity contribution in [3.05, 3.63) is 0 Å². The summed E-state index contributed by atoms with van der Waals surface area (Å²) in [5.74, 6) is 0. The third kappa shape index (κ3) is 34.8. The van der Waals surface area contributed by atoms with Gasteiger partial charge in [-0.15, -0.1) is 0 Å². The summed E-state index contributed by atoms with van der Waals surface area (Å²) >= 11 is 8.00. The first-order chi connectivity index (χ1) is 3.91. The van der Waals surface area contributed by atoms with Gasteiger partial charge in [-0.25, -0.2) is 0 Å². The molecule has 6 heteroatoms. The molecule has 0 fully saturated rings. The van der Waals surface area contributed by atoms with Gasteiger partial charge in [-0.2, -0.15) is 0 Å². The molecule has 0 aromatic rings. The van der Waals surface area contributed by atoms with Crippen LogP contribution in [0.25, 0.3) is 0 Å². The number of nitrogens with two attached hydrogens (primary N) is 1. The Bertz CT molecular complexity index is 37.4. The molecule has 0 amide bonds. The Morgan fingerprint density at radius 2 is 1.25 bits per heavy atom. The van der Waals surface area contributed by atoms with Crippen LogP contribution in [0.5, 0.6) is 0 Å². The van der Waals surface area contributed by atoms with Crippen molar-refractivity contribution in [3.63, 3.8) is 0 Å². The van der Waals surface area contributed by atoms with Gasteiger partial charge in [-0.1, -0.05) is 0 Å². The minimum atomic E-state index is 0.606. The molecule has 0 aromatic carbocycles. The zero-order chi connectivity index (χ0) is 7.41. The van der Waals surface area contributed by atoms with E-state index in [1.165, 1.54) is 19.4 Å². The van der Waals surface area contributed by atoms with Crippen LogP contribution in [0.3, 0.4) is 0 Å². The molecule has 0 aliphatic heterocycles. The van der Waals surface area contributed by atoms with Crippen LogP contribution in [-0.4, -0.2) is 10.9 Å². The van der Waals surface area contributed by atoms with Crippen LogP contribution in [0, 0.1) is 0 Å². The fourth-order valence-electron chi connectivity index (χ4n) is 0. The zero-order valence-electron chi connectivity index (χ0n) is 3.83. The summed E-state index contributed by atoms with van der Waals surface area (Å²) in [4.78, 5) is 0. The summed E-state index contributed by atoms with van der Waals surface area (Å²) in [5.41, 5.74) is 4.94. The van der Waals surface area contributed by atoms with Crippen molar-refractivity contribution in [2.75, 3.05) is 6.54 Å². The molecule has 0 bridgehead atoms. The second kappa shape index (κ2) is 31.8. The van der Waals surface area contributed by atoms with Crippen molar-refractivity contribution in [2.24, 2.45) is 5.73 Å². The van der Waals surface area contributed by atoms with Gasteiger partial charge in [0.05, 0.1) is 0 Å². The first-order valence-corrected chi connectivity index (χ1v) is 24.8. The molecule has 0 aliphatic carbocycles. The standard InChI is InChI=1S/C2H4N.5W/c1-2-3;;;;;/h2-3H2;;;;;/q-1;;;;;. The van der Waals surface area contributed by atoms with E-state index in [9.17, 15) is 0 Å². The fraction of sp³-hybridized carbons (Fsp3) is 0.500. The van der Waals surface area contributed by atoms with E-state index in [1.807, 2.05) is 0 Å². The quantitative estimate of drug-likeness (QED) is 0.342. The summed E-state index contributed by atoms with van der Waals surface area (Å²) < 4.78 is 2.79. The Morgan fingerprint density at radius 3 is 1.25 bits per heavy atom. The molecule has 0 radical (unpaired) electrons. The molecule has 0 rings (SSSR count). The Labute approximate surface area is 98.8 Å². The van der Waals surface area contributed by atoms with E-state index in [2.05, 4.69) is 4.40 Å². The van der Waals surface area contributed by atoms with Gasteiger partial charge in [0.15, 0.2) is 0 Å². The zero-order valence-corrected chi connectivity index (χ0v) is 18.5. The molecule has 0 saturated carbocycles. The van der Waals surface area contributed by atoms with Gasteiger partial charge >= 0.3 is 101 Å². The molecule has 0 spiro atoms. The normalized spacial score (nSPS) is 4.12. The van der Waals surface area contributed by atoms with E-state index >= 15 is 0 Å². The van der Waals surface area contributed by atoms with Crippen molar-refractivity contribution < 1.29 is 84.2 Å². The predicted molar refractivity (Wildman–Crippen MR) is 14.1 cm³/mol. The van der Waals surface area contributed by atoms with Gasteiger partial charge < -0.3 is 0 Å². The van der Waals surface area contributed by atoms with Gasteiger partial charge in [0.25, 0.3) is 0 Å². The van der Waals surface area contributed by atoms with Crippen LogP contribution >= 0.6 is 0 Å². The number of rotatable bonds is 1. The van der Waals surface area contributed by atoms with Crippen molar-refractivity contribution >= 4 is 4.40 Å². The Balaban J connectivity index is -0.0000000542. The van der Waals surface area contributed by atoms with Gasteiger partial charge in [0.1, 0.15) is 0 Å². The van der Waals surface area contributed by atoms with Crippen LogP contribution in [0.4, 0.5) is 0 Å². The molecule has 1 nitrogen and oxygen atoms in total. The molecule has 0 heterocycles. The SMILES string of the molecule is NC[C-]=[W].[W]=[W].[W]=[W]. The van der Waals surface area contributed by atoms with Crippen molar-refractivity contribution in [3.8, 4) is 0 Å². The van der Waals surface area contributed by atoms with E-state index in [-0.39, 0.29) is 0 Å². The van der Waals surface area contributed by atoms with E-state index in [4.69, 9.17) is 5.73 Å². The maximum atomic E-state index is 4.94. The van der Waals surface area contributed by atoms with Gasteiger partial charge in [0.2, 0.25) is 0 Å². The minimum absolute atomic E-state index is 0.606. The number of hydrogen-bond acceptors (Lipinski definition) is 1. The summed E-state index contributed by atoms with van der Waals surface area (Å²) in [6, 6.07) is 0. The topological polar surface area (TPSA) is 26.0 Å². The van der Waals surface area contributed by atoms with Gasteiger partial charge in [-0.3, -0.25) is 0 Å². The Kier molecular flexibility index (Phi) is 69.0. The monoisotopic (exact) mass is 962 g/mol. The molecule has 0 aliphatic rings. The molecular weight excluding hydrogens is 957 g/mol. The summed E-state index contributed by atoms with van der Waals surface area (Å²) in [6.07, 6.45) is 0. The second-order valence-electron chi connectivity index (χ2n) is 0.348. The fourth-order valence-corrected chi connectivity index (χ4v) is 0. The van der Waals surface area contributed by atoms with Crippen LogP contribution in [-0.2, 0) is 84.2 Å². The number of hydrogen-bond donors (Lipinski definition) is 1. The first-order valence-electron chi connectivity index (χ1n) is 1.30. The van der Waals surface area contributed by atoms with Crippen molar-refractivity contribution in [1.29, 1.82) is 0 Å². The molecule has 0 unspecified atom stereocenters. The third-order valence-corrected chi connectivity index (χ3v) is 0.682. The van der Waals surface area contributed by atoms with E-state index < -0.39 is 0 Å². The van der Waals surface area contributed by atoms with Crippen LogP contribution in [0.1, 0.15) is 0 Å². The summed E-state index contributed by atoms with van der Waals surface area (Å²) in [5, 5.41) is 0. The second-order valence-corrected chi connectivity index (χ2v) is 1.39. The third-order valence-electron chi connectivity index (χ3n) is 0.0833. The molecule has 48 valence electrons. The van der Waals surface area contributed by atoms with Crippen LogP contribution in [0.2, 0.25) is 0 Å². The van der Waals surface area contributed by atoms with Crippen molar-refractivity contribution in [2.45, 2.75) is 0 Å². The first kappa shape index (κ1) is 17.4. The average molecular weight is 961 g/mol.